The summed E-state index contributed by atoms with van der Waals surface area (Å²) >= 11 is 3.59. The Kier molecular flexibility index (Phi) is 7.50. The molecule has 1 aliphatic heterocycles. The second-order valence-corrected chi connectivity index (χ2v) is 17.3. The molecule has 6 heteroatoms. The first-order chi connectivity index (χ1) is 28.5. The van der Waals surface area contributed by atoms with Gasteiger partial charge >= 0.3 is 0 Å². The van der Waals surface area contributed by atoms with Crippen LogP contribution in [0.25, 0.3) is 65.4 Å². The summed E-state index contributed by atoms with van der Waals surface area (Å²) in [6.45, 7) is 4.36. The van der Waals surface area contributed by atoms with Gasteiger partial charge in [0.2, 0.25) is 0 Å². The van der Waals surface area contributed by atoms with Crippen molar-refractivity contribution in [2.24, 2.45) is 0 Å². The minimum absolute atomic E-state index is 0.852. The number of hydrogen-bond acceptors (Lipinski definition) is 6. The van der Waals surface area contributed by atoms with Crippen molar-refractivity contribution in [2.45, 2.75) is 33.4 Å². The first-order valence-electron chi connectivity index (χ1n) is 19.5. The molecule has 1 aliphatic rings. The van der Waals surface area contributed by atoms with Crippen LogP contribution in [-0.2, 0) is 0 Å². The first kappa shape index (κ1) is 33.5. The minimum atomic E-state index is 0.852. The van der Waals surface area contributed by atoms with Crippen LogP contribution in [-0.4, -0.2) is 0 Å². The summed E-state index contributed by atoms with van der Waals surface area (Å²) < 4.78 is 13.7. The van der Waals surface area contributed by atoms with Gasteiger partial charge in [-0.25, -0.2) is 0 Å². The van der Waals surface area contributed by atoms with Crippen molar-refractivity contribution in [1.82, 2.24) is 0 Å². The van der Waals surface area contributed by atoms with E-state index in [9.17, 15) is 0 Å². The molecule has 0 unspecified atom stereocenters. The number of hydrogen-bond donors (Lipinski definition) is 1. The monoisotopic (exact) mass is 782 g/mol. The average molecular weight is 783 g/mol. The molecular weight excluding hydrogens is 749 g/mol. The summed E-state index contributed by atoms with van der Waals surface area (Å²) in [5, 5.41) is 12.6. The number of para-hydroxylation sites is 3. The predicted octanol–water partition coefficient (Wildman–Crippen LogP) is 16.2. The highest BCUT2D eigenvalue weighted by atomic mass is 32.2. The van der Waals surface area contributed by atoms with Gasteiger partial charge in [0.25, 0.3) is 0 Å². The molecule has 0 spiro atoms. The Labute approximate surface area is 343 Å². The van der Waals surface area contributed by atoms with Crippen molar-refractivity contribution in [3.8, 4) is 0 Å². The lowest BCUT2D eigenvalue weighted by atomic mass is 9.97. The predicted molar refractivity (Wildman–Crippen MR) is 245 cm³/mol. The normalized spacial score (nSPS) is 12.6. The van der Waals surface area contributed by atoms with E-state index in [1.807, 2.05) is 11.8 Å². The molecule has 1 N–H and O–H groups in total. The van der Waals surface area contributed by atoms with E-state index in [4.69, 9.17) is 8.83 Å². The van der Waals surface area contributed by atoms with Crippen molar-refractivity contribution in [2.75, 3.05) is 10.2 Å². The molecule has 0 fully saturated rings. The topological polar surface area (TPSA) is 41.6 Å². The van der Waals surface area contributed by atoms with E-state index in [0.717, 1.165) is 82.7 Å². The molecule has 0 radical (unpaired) electrons. The van der Waals surface area contributed by atoms with Gasteiger partial charge in [-0.05, 0) is 144 Å². The van der Waals surface area contributed by atoms with Crippen LogP contribution < -0.4 is 10.2 Å². The standard InChI is InChI=1S/C52H34N2O2S2/c1-30-31(2)51-50(40-27-32-20-22-36(24-34(32)28-45(40)55-51)53-41-14-6-9-17-46(41)57-38-12-4-3-5-13-38)52-49(30)39-26-33-21-23-37(25-35(33)29-44(39)56-52)54-42-15-7-10-18-47(42)58-48-19-11-8-16-43(48)54/h3-29,53H,1-2H3. The Morgan fingerprint density at radius 1 is 0.517 bits per heavy atom. The molecule has 12 rings (SSSR count). The fraction of sp³-hybridized carbons (Fsp3) is 0.0385. The lowest BCUT2D eigenvalue weighted by molar-refractivity contribution is 0.660. The highest BCUT2D eigenvalue weighted by molar-refractivity contribution is 8.00. The molecular formula is C52H34N2O2S2. The third kappa shape index (κ3) is 5.25. The number of rotatable bonds is 5. The molecule has 9 aromatic carbocycles. The maximum absolute atomic E-state index is 6.94. The Morgan fingerprint density at radius 3 is 1.90 bits per heavy atom. The molecule has 0 bridgehead atoms. The van der Waals surface area contributed by atoms with Crippen LogP contribution in [0, 0.1) is 13.8 Å². The van der Waals surface area contributed by atoms with E-state index >= 15 is 0 Å². The minimum Gasteiger partial charge on any atom is -0.456 e. The lowest BCUT2D eigenvalue weighted by Gasteiger charge is -2.33. The zero-order valence-corrected chi connectivity index (χ0v) is 33.3. The Balaban J connectivity index is 0.968. The third-order valence-corrected chi connectivity index (χ3v) is 13.8. The molecule has 0 atom stereocenters. The Bertz CT molecular complexity index is 3430. The van der Waals surface area contributed by atoms with Gasteiger partial charge in [0, 0.05) is 47.1 Å². The van der Waals surface area contributed by atoms with Gasteiger partial charge in [0.15, 0.2) is 0 Å². The summed E-state index contributed by atoms with van der Waals surface area (Å²) in [7, 11) is 0. The van der Waals surface area contributed by atoms with Crippen molar-refractivity contribution in [3.63, 3.8) is 0 Å². The molecule has 0 saturated heterocycles. The SMILES string of the molecule is Cc1c(C)c2c3cc4ccc(N5c6ccccc6Sc6ccccc65)cc4cc3oc2c2c1oc1cc3cc(Nc4ccccc4Sc4ccccc4)ccc3cc12. The number of nitrogens with one attached hydrogen (secondary N) is 1. The van der Waals surface area contributed by atoms with Crippen LogP contribution in [0.3, 0.4) is 0 Å². The van der Waals surface area contributed by atoms with Gasteiger partial charge in [0.1, 0.15) is 22.3 Å². The van der Waals surface area contributed by atoms with Crippen molar-refractivity contribution in [3.05, 3.63) is 175 Å². The summed E-state index contributed by atoms with van der Waals surface area (Å²) in [4.78, 5) is 7.26. The van der Waals surface area contributed by atoms with E-state index in [1.54, 1.807) is 11.8 Å². The number of anilines is 5. The molecule has 0 amide bonds. The van der Waals surface area contributed by atoms with Crippen LogP contribution in [0.2, 0.25) is 0 Å². The van der Waals surface area contributed by atoms with Crippen LogP contribution in [0.5, 0.6) is 0 Å². The van der Waals surface area contributed by atoms with Crippen LogP contribution >= 0.6 is 23.5 Å². The number of benzene rings is 9. The van der Waals surface area contributed by atoms with Gasteiger partial charge in [-0.15, -0.1) is 0 Å². The number of aryl methyl sites for hydroxylation is 2. The van der Waals surface area contributed by atoms with Gasteiger partial charge in [0.05, 0.1) is 22.4 Å². The highest BCUT2D eigenvalue weighted by Crippen LogP contribution is 2.52. The van der Waals surface area contributed by atoms with Crippen LogP contribution in [0.15, 0.2) is 192 Å². The zero-order chi connectivity index (χ0) is 38.5. The summed E-state index contributed by atoms with van der Waals surface area (Å²) in [6, 6.07) is 58.6. The van der Waals surface area contributed by atoms with E-state index in [1.165, 1.54) is 41.9 Å². The van der Waals surface area contributed by atoms with Crippen molar-refractivity contribution in [1.29, 1.82) is 0 Å². The summed E-state index contributed by atoms with van der Waals surface area (Å²) in [6.07, 6.45) is 0. The largest absolute Gasteiger partial charge is 0.456 e. The smallest absolute Gasteiger partial charge is 0.147 e. The Hall–Kier alpha value is -6.60. The zero-order valence-electron chi connectivity index (χ0n) is 31.7. The Morgan fingerprint density at radius 2 is 1.14 bits per heavy atom. The molecule has 2 aromatic heterocycles. The lowest BCUT2D eigenvalue weighted by Crippen LogP contribution is -2.14. The fourth-order valence-electron chi connectivity index (χ4n) is 8.69. The summed E-state index contributed by atoms with van der Waals surface area (Å²) in [5.74, 6) is 0. The maximum Gasteiger partial charge on any atom is 0.147 e. The van der Waals surface area contributed by atoms with E-state index in [-0.39, 0.29) is 0 Å². The quantitative estimate of drug-likeness (QED) is 0.188. The summed E-state index contributed by atoms with van der Waals surface area (Å²) in [5.41, 5.74) is 11.4. The molecule has 3 heterocycles. The molecule has 4 nitrogen and oxygen atoms in total. The average Bonchev–Trinajstić information content (AvgIpc) is 3.82. The van der Waals surface area contributed by atoms with Gasteiger partial charge < -0.3 is 19.1 Å². The number of nitrogens with zero attached hydrogens (tertiary/aromatic N) is 1. The fourth-order valence-corrected chi connectivity index (χ4v) is 10.7. The molecule has 11 aromatic rings. The molecule has 0 saturated carbocycles. The molecule has 0 aliphatic carbocycles. The number of furan rings is 2. The third-order valence-electron chi connectivity index (χ3n) is 11.6. The van der Waals surface area contributed by atoms with Crippen molar-refractivity contribution >= 4 is 117 Å². The second-order valence-electron chi connectivity index (χ2n) is 15.1. The van der Waals surface area contributed by atoms with E-state index in [2.05, 4.69) is 188 Å². The number of fused-ring (bicyclic) bond motifs is 11. The van der Waals surface area contributed by atoms with Gasteiger partial charge in [-0.3, -0.25) is 0 Å². The molecule has 276 valence electrons. The van der Waals surface area contributed by atoms with E-state index in [0.29, 0.717) is 0 Å². The van der Waals surface area contributed by atoms with Gasteiger partial charge in [-0.2, -0.15) is 0 Å². The highest BCUT2D eigenvalue weighted by Gasteiger charge is 2.26. The maximum atomic E-state index is 6.94. The van der Waals surface area contributed by atoms with E-state index < -0.39 is 0 Å². The van der Waals surface area contributed by atoms with Crippen LogP contribution in [0.4, 0.5) is 28.4 Å². The molecule has 58 heavy (non-hydrogen) atoms. The second kappa shape index (κ2) is 13.0. The first-order valence-corrected chi connectivity index (χ1v) is 21.1. The van der Waals surface area contributed by atoms with Crippen LogP contribution in [0.1, 0.15) is 11.1 Å². The van der Waals surface area contributed by atoms with Gasteiger partial charge in [-0.1, -0.05) is 90.3 Å². The van der Waals surface area contributed by atoms with Crippen molar-refractivity contribution < 1.29 is 8.83 Å².